The van der Waals surface area contributed by atoms with Crippen LogP contribution in [0.2, 0.25) is 0 Å². The van der Waals surface area contributed by atoms with Crippen molar-refractivity contribution < 1.29 is 14.3 Å². The summed E-state index contributed by atoms with van der Waals surface area (Å²) >= 11 is 0. The first-order valence-corrected chi connectivity index (χ1v) is 6.69. The summed E-state index contributed by atoms with van der Waals surface area (Å²) in [5, 5.41) is 13.2. The van der Waals surface area contributed by atoms with Gasteiger partial charge in [-0.3, -0.25) is 0 Å². The van der Waals surface area contributed by atoms with Crippen molar-refractivity contribution in [3.05, 3.63) is 47.8 Å². The monoisotopic (exact) mass is 308 g/mol. The fourth-order valence-electron chi connectivity index (χ4n) is 2.20. The van der Waals surface area contributed by atoms with Gasteiger partial charge in [0.15, 0.2) is 11.3 Å². The Hall–Kier alpha value is -3.40. The van der Waals surface area contributed by atoms with Crippen LogP contribution in [0.25, 0.3) is 16.9 Å². The van der Waals surface area contributed by atoms with Crippen LogP contribution in [0.4, 0.5) is 0 Å². The summed E-state index contributed by atoms with van der Waals surface area (Å²) in [5.74, 6) is 0.157. The minimum absolute atomic E-state index is 0.199. The smallest absolute Gasteiger partial charge is 0.356 e. The number of esters is 1. The standard InChI is InChI=1S/C16H12N4O3/c1-22-12-5-3-10(4-6-12)13-7-14(16(21)23-2)20-15(19-13)11(8-17)9-18-20/h3-7,9H,1-2H3. The number of methoxy groups -OCH3 is 2. The van der Waals surface area contributed by atoms with Crippen molar-refractivity contribution in [2.75, 3.05) is 14.2 Å². The van der Waals surface area contributed by atoms with Crippen LogP contribution in [-0.4, -0.2) is 34.8 Å². The highest BCUT2D eigenvalue weighted by Gasteiger charge is 2.17. The number of nitriles is 1. The molecule has 0 saturated heterocycles. The molecule has 0 N–H and O–H groups in total. The lowest BCUT2D eigenvalue weighted by atomic mass is 10.1. The number of hydrogen-bond acceptors (Lipinski definition) is 6. The third-order valence-electron chi connectivity index (χ3n) is 3.37. The van der Waals surface area contributed by atoms with Crippen LogP contribution in [0.15, 0.2) is 36.5 Å². The van der Waals surface area contributed by atoms with Gasteiger partial charge in [-0.05, 0) is 30.3 Å². The first-order chi connectivity index (χ1) is 11.2. The Balaban J connectivity index is 2.24. The molecule has 0 spiro atoms. The van der Waals surface area contributed by atoms with Crippen LogP contribution >= 0.6 is 0 Å². The number of ether oxygens (including phenoxy) is 2. The first-order valence-electron chi connectivity index (χ1n) is 6.69. The Morgan fingerprint density at radius 2 is 2.00 bits per heavy atom. The van der Waals surface area contributed by atoms with Gasteiger partial charge in [0.25, 0.3) is 0 Å². The van der Waals surface area contributed by atoms with Gasteiger partial charge in [0.2, 0.25) is 0 Å². The molecule has 0 atom stereocenters. The Bertz CT molecular complexity index is 923. The van der Waals surface area contributed by atoms with Gasteiger partial charge >= 0.3 is 5.97 Å². The number of carbonyl (C=O) groups excluding carboxylic acids is 1. The maximum atomic E-state index is 12.0. The zero-order chi connectivity index (χ0) is 16.4. The normalized spacial score (nSPS) is 10.3. The molecule has 1 aromatic carbocycles. The number of benzene rings is 1. The third-order valence-corrected chi connectivity index (χ3v) is 3.37. The number of nitrogens with zero attached hydrogens (tertiary/aromatic N) is 4. The molecule has 0 amide bonds. The predicted molar refractivity (Wildman–Crippen MR) is 81.0 cm³/mol. The van der Waals surface area contributed by atoms with E-state index in [0.29, 0.717) is 17.1 Å². The topological polar surface area (TPSA) is 89.5 Å². The number of carbonyl (C=O) groups is 1. The maximum Gasteiger partial charge on any atom is 0.356 e. The number of fused-ring (bicyclic) bond motifs is 1. The van der Waals surface area contributed by atoms with Crippen molar-refractivity contribution in [3.8, 4) is 23.1 Å². The highest BCUT2D eigenvalue weighted by Crippen LogP contribution is 2.23. The van der Waals surface area contributed by atoms with Gasteiger partial charge in [-0.15, -0.1) is 0 Å². The average molecular weight is 308 g/mol. The Morgan fingerprint density at radius 1 is 1.26 bits per heavy atom. The van der Waals surface area contributed by atoms with Crippen molar-refractivity contribution in [2.24, 2.45) is 0 Å². The summed E-state index contributed by atoms with van der Waals surface area (Å²) in [6, 6.07) is 10.8. The number of aromatic nitrogens is 3. The molecule has 0 aliphatic carbocycles. The molecule has 0 aliphatic heterocycles. The van der Waals surface area contributed by atoms with E-state index < -0.39 is 5.97 Å². The molecule has 3 aromatic rings. The SMILES string of the molecule is COC(=O)c1cc(-c2ccc(OC)cc2)nc2c(C#N)cnn12. The van der Waals surface area contributed by atoms with Crippen LogP contribution in [0, 0.1) is 11.3 Å². The molecule has 0 bridgehead atoms. The van der Waals surface area contributed by atoms with E-state index in [1.54, 1.807) is 25.3 Å². The van der Waals surface area contributed by atoms with E-state index in [-0.39, 0.29) is 11.3 Å². The maximum absolute atomic E-state index is 12.0. The molecule has 23 heavy (non-hydrogen) atoms. The van der Waals surface area contributed by atoms with Crippen molar-refractivity contribution in [1.29, 1.82) is 5.26 Å². The molecule has 0 aliphatic rings. The summed E-state index contributed by atoms with van der Waals surface area (Å²) in [6.07, 6.45) is 1.37. The Labute approximate surface area is 131 Å². The third kappa shape index (κ3) is 2.46. The molecule has 3 rings (SSSR count). The molecule has 0 fully saturated rings. The van der Waals surface area contributed by atoms with Crippen LogP contribution in [0.5, 0.6) is 5.75 Å². The van der Waals surface area contributed by atoms with E-state index in [0.717, 1.165) is 5.56 Å². The zero-order valence-electron chi connectivity index (χ0n) is 12.5. The molecule has 2 heterocycles. The highest BCUT2D eigenvalue weighted by molar-refractivity contribution is 5.90. The van der Waals surface area contributed by atoms with Gasteiger partial charge in [0.1, 0.15) is 17.4 Å². The van der Waals surface area contributed by atoms with Crippen molar-refractivity contribution in [1.82, 2.24) is 14.6 Å². The van der Waals surface area contributed by atoms with Crippen LogP contribution in [0.1, 0.15) is 16.1 Å². The first kappa shape index (κ1) is 14.5. The minimum atomic E-state index is -0.556. The summed E-state index contributed by atoms with van der Waals surface area (Å²) in [6.45, 7) is 0. The molecule has 2 aromatic heterocycles. The highest BCUT2D eigenvalue weighted by atomic mass is 16.5. The molecule has 7 nitrogen and oxygen atoms in total. The minimum Gasteiger partial charge on any atom is -0.497 e. The van der Waals surface area contributed by atoms with Crippen molar-refractivity contribution >= 4 is 11.6 Å². The fraction of sp³-hybridized carbons (Fsp3) is 0.125. The summed E-state index contributed by atoms with van der Waals surface area (Å²) < 4.78 is 11.2. The lowest BCUT2D eigenvalue weighted by Gasteiger charge is -2.07. The quantitative estimate of drug-likeness (QED) is 0.688. The second-order valence-corrected chi connectivity index (χ2v) is 4.65. The van der Waals surface area contributed by atoms with Gasteiger partial charge in [0, 0.05) is 5.56 Å². The van der Waals surface area contributed by atoms with E-state index in [1.165, 1.54) is 17.8 Å². The lowest BCUT2D eigenvalue weighted by Crippen LogP contribution is -2.10. The van der Waals surface area contributed by atoms with E-state index in [1.807, 2.05) is 18.2 Å². The molecule has 114 valence electrons. The van der Waals surface area contributed by atoms with Crippen LogP contribution in [0.3, 0.4) is 0 Å². The van der Waals surface area contributed by atoms with Crippen LogP contribution in [-0.2, 0) is 4.74 Å². The molecule has 0 radical (unpaired) electrons. The van der Waals surface area contributed by atoms with Gasteiger partial charge in [-0.1, -0.05) is 0 Å². The zero-order valence-corrected chi connectivity index (χ0v) is 12.5. The largest absolute Gasteiger partial charge is 0.497 e. The van der Waals surface area contributed by atoms with E-state index >= 15 is 0 Å². The van der Waals surface area contributed by atoms with E-state index in [4.69, 9.17) is 14.7 Å². The second-order valence-electron chi connectivity index (χ2n) is 4.65. The number of hydrogen-bond donors (Lipinski definition) is 0. The van der Waals surface area contributed by atoms with Gasteiger partial charge in [-0.2, -0.15) is 10.4 Å². The van der Waals surface area contributed by atoms with E-state index in [9.17, 15) is 4.79 Å². The Kier molecular flexibility index (Phi) is 3.65. The van der Waals surface area contributed by atoms with Crippen LogP contribution < -0.4 is 4.74 Å². The van der Waals surface area contributed by atoms with Crippen molar-refractivity contribution in [3.63, 3.8) is 0 Å². The lowest BCUT2D eigenvalue weighted by molar-refractivity contribution is 0.0590. The predicted octanol–water partition coefficient (Wildman–Crippen LogP) is 2.06. The summed E-state index contributed by atoms with van der Waals surface area (Å²) in [5.41, 5.74) is 2.11. The van der Waals surface area contributed by atoms with Gasteiger partial charge in [0.05, 0.1) is 26.1 Å². The summed E-state index contributed by atoms with van der Waals surface area (Å²) in [7, 11) is 2.87. The van der Waals surface area contributed by atoms with Gasteiger partial charge in [-0.25, -0.2) is 14.3 Å². The molecular weight excluding hydrogens is 296 g/mol. The van der Waals surface area contributed by atoms with E-state index in [2.05, 4.69) is 10.1 Å². The molecule has 0 unspecified atom stereocenters. The fourth-order valence-corrected chi connectivity index (χ4v) is 2.20. The number of rotatable bonds is 3. The molecule has 0 saturated carbocycles. The Morgan fingerprint density at radius 3 is 2.61 bits per heavy atom. The molecular formula is C16H12N4O3. The van der Waals surface area contributed by atoms with Gasteiger partial charge < -0.3 is 9.47 Å². The summed E-state index contributed by atoms with van der Waals surface area (Å²) in [4.78, 5) is 16.4. The second kappa shape index (κ2) is 5.77. The average Bonchev–Trinajstić information content (AvgIpc) is 3.03. The van der Waals surface area contributed by atoms with Crippen molar-refractivity contribution in [2.45, 2.75) is 0 Å². The molecule has 7 heteroatoms.